The summed E-state index contributed by atoms with van der Waals surface area (Å²) in [6.07, 6.45) is 1.48. The maximum atomic E-state index is 12.8. The highest BCUT2D eigenvalue weighted by Crippen LogP contribution is 2.09. The van der Waals surface area contributed by atoms with Gasteiger partial charge in [0.05, 0.1) is 0 Å². The second kappa shape index (κ2) is 7.84. The van der Waals surface area contributed by atoms with Crippen molar-refractivity contribution in [3.63, 3.8) is 0 Å². The molecule has 1 aromatic carbocycles. The maximum Gasteiger partial charge on any atom is 0.240 e. The highest BCUT2D eigenvalue weighted by molar-refractivity contribution is 7.92. The van der Waals surface area contributed by atoms with Crippen LogP contribution in [0.3, 0.4) is 0 Å². The van der Waals surface area contributed by atoms with E-state index in [0.717, 1.165) is 17.7 Å². The summed E-state index contributed by atoms with van der Waals surface area (Å²) in [6.45, 7) is 1.80. The molecule has 2 aromatic rings. The van der Waals surface area contributed by atoms with Gasteiger partial charge < -0.3 is 10.6 Å². The number of halogens is 1. The molecule has 1 heterocycles. The molecule has 2 N–H and O–H groups in total. The molecule has 0 unspecified atom stereocenters. The molecule has 25 heavy (non-hydrogen) atoms. The number of anilines is 2. The van der Waals surface area contributed by atoms with E-state index < -0.39 is 39.0 Å². The summed E-state index contributed by atoms with van der Waals surface area (Å²) >= 11 is 0. The van der Waals surface area contributed by atoms with Crippen molar-refractivity contribution in [2.24, 2.45) is 0 Å². The van der Waals surface area contributed by atoms with Gasteiger partial charge in [-0.25, -0.2) is 17.8 Å². The largest absolute Gasteiger partial charge is 0.325 e. The lowest BCUT2D eigenvalue weighted by molar-refractivity contribution is -0.114. The molecule has 0 radical (unpaired) electrons. The van der Waals surface area contributed by atoms with Crippen LogP contribution in [0, 0.1) is 12.7 Å². The number of sulfone groups is 1. The molecule has 132 valence electrons. The van der Waals surface area contributed by atoms with Crippen LogP contribution in [0.2, 0.25) is 0 Å². The van der Waals surface area contributed by atoms with Gasteiger partial charge in [-0.2, -0.15) is 0 Å². The van der Waals surface area contributed by atoms with E-state index in [1.807, 2.05) is 0 Å². The van der Waals surface area contributed by atoms with Crippen molar-refractivity contribution in [2.75, 3.05) is 22.1 Å². The van der Waals surface area contributed by atoms with Gasteiger partial charge in [0.15, 0.2) is 9.84 Å². The van der Waals surface area contributed by atoms with Crippen LogP contribution in [0.15, 0.2) is 42.6 Å². The zero-order valence-corrected chi connectivity index (χ0v) is 14.1. The Labute approximate surface area is 144 Å². The van der Waals surface area contributed by atoms with E-state index in [-0.39, 0.29) is 11.5 Å². The Hall–Kier alpha value is -2.81. The Kier molecular flexibility index (Phi) is 5.81. The lowest BCUT2D eigenvalue weighted by atomic mass is 10.3. The normalized spacial score (nSPS) is 11.0. The summed E-state index contributed by atoms with van der Waals surface area (Å²) in [5.74, 6) is -3.55. The van der Waals surface area contributed by atoms with E-state index >= 15 is 0 Å². The van der Waals surface area contributed by atoms with Gasteiger partial charge in [-0.05, 0) is 48.9 Å². The Morgan fingerprint density at radius 3 is 2.24 bits per heavy atom. The SMILES string of the molecule is Cc1ccnc(NC(=O)CS(=O)(=O)CC(=O)Nc2ccc(F)cc2)c1. The molecule has 2 amide bonds. The summed E-state index contributed by atoms with van der Waals surface area (Å²) in [5.41, 5.74) is 1.11. The highest BCUT2D eigenvalue weighted by atomic mass is 32.2. The number of aromatic nitrogens is 1. The summed E-state index contributed by atoms with van der Waals surface area (Å²) in [5, 5.41) is 4.69. The van der Waals surface area contributed by atoms with Crippen molar-refractivity contribution in [1.29, 1.82) is 0 Å². The van der Waals surface area contributed by atoms with Crippen molar-refractivity contribution in [3.05, 3.63) is 54.0 Å². The lowest BCUT2D eigenvalue weighted by Crippen LogP contribution is -2.30. The number of hydrogen-bond donors (Lipinski definition) is 2. The van der Waals surface area contributed by atoms with Crippen LogP contribution in [0.4, 0.5) is 15.9 Å². The molecule has 0 saturated heterocycles. The van der Waals surface area contributed by atoms with Crippen molar-refractivity contribution in [2.45, 2.75) is 6.92 Å². The summed E-state index contributed by atoms with van der Waals surface area (Å²) in [7, 11) is -3.96. The van der Waals surface area contributed by atoms with Crippen molar-refractivity contribution in [3.8, 4) is 0 Å². The number of hydrogen-bond acceptors (Lipinski definition) is 5. The number of rotatable bonds is 6. The Morgan fingerprint density at radius 2 is 1.64 bits per heavy atom. The molecule has 0 aliphatic heterocycles. The molecule has 0 aliphatic carbocycles. The first kappa shape index (κ1) is 18.5. The molecule has 0 atom stereocenters. The average molecular weight is 365 g/mol. The fraction of sp³-hybridized carbons (Fsp3) is 0.188. The molecule has 0 aliphatic rings. The monoisotopic (exact) mass is 365 g/mol. The van der Waals surface area contributed by atoms with Gasteiger partial charge in [-0.3, -0.25) is 9.59 Å². The van der Waals surface area contributed by atoms with E-state index in [1.54, 1.807) is 19.1 Å². The molecule has 2 rings (SSSR count). The molecular formula is C16H16FN3O4S. The van der Waals surface area contributed by atoms with Crippen LogP contribution in [-0.4, -0.2) is 36.7 Å². The van der Waals surface area contributed by atoms with Crippen molar-refractivity contribution in [1.82, 2.24) is 4.98 Å². The molecular weight excluding hydrogens is 349 g/mol. The van der Waals surface area contributed by atoms with E-state index in [4.69, 9.17) is 0 Å². The van der Waals surface area contributed by atoms with Gasteiger partial charge in [0.25, 0.3) is 0 Å². The molecule has 0 fully saturated rings. The first-order valence-electron chi connectivity index (χ1n) is 7.22. The number of carbonyl (C=O) groups excluding carboxylic acids is 2. The van der Waals surface area contributed by atoms with Gasteiger partial charge in [-0.1, -0.05) is 0 Å². The zero-order valence-electron chi connectivity index (χ0n) is 13.3. The fourth-order valence-electron chi connectivity index (χ4n) is 1.96. The standard InChI is InChI=1S/C16H16FN3O4S/c1-11-6-7-18-14(8-11)20-16(22)10-25(23,24)9-15(21)19-13-4-2-12(17)3-5-13/h2-8H,9-10H2,1H3,(H,19,21)(H,18,20,22). The Balaban J connectivity index is 1.90. The number of carbonyl (C=O) groups is 2. The van der Waals surface area contributed by atoms with Crippen LogP contribution >= 0.6 is 0 Å². The molecule has 0 spiro atoms. The molecule has 0 saturated carbocycles. The number of nitrogens with zero attached hydrogens (tertiary/aromatic N) is 1. The summed E-state index contributed by atoms with van der Waals surface area (Å²) in [4.78, 5) is 27.5. The smallest absolute Gasteiger partial charge is 0.240 e. The van der Waals surface area contributed by atoms with Crippen LogP contribution in [0.1, 0.15) is 5.56 Å². The molecule has 1 aromatic heterocycles. The molecule has 0 bridgehead atoms. The molecule has 7 nitrogen and oxygen atoms in total. The van der Waals surface area contributed by atoms with Gasteiger partial charge >= 0.3 is 0 Å². The topological polar surface area (TPSA) is 105 Å². The van der Waals surface area contributed by atoms with Gasteiger partial charge in [-0.15, -0.1) is 0 Å². The molecule has 9 heteroatoms. The first-order valence-corrected chi connectivity index (χ1v) is 9.04. The van der Waals surface area contributed by atoms with Crippen LogP contribution < -0.4 is 10.6 Å². The number of aryl methyl sites for hydroxylation is 1. The van der Waals surface area contributed by atoms with Crippen LogP contribution in [0.25, 0.3) is 0 Å². The number of amides is 2. The minimum atomic E-state index is -3.96. The fourth-order valence-corrected chi connectivity index (χ4v) is 3.01. The highest BCUT2D eigenvalue weighted by Gasteiger charge is 2.21. The number of nitrogens with one attached hydrogen (secondary N) is 2. The van der Waals surface area contributed by atoms with Crippen molar-refractivity contribution < 1.29 is 22.4 Å². The predicted molar refractivity (Wildman–Crippen MR) is 91.3 cm³/mol. The summed E-state index contributed by atoms with van der Waals surface area (Å²) in [6, 6.07) is 8.18. The zero-order chi connectivity index (χ0) is 18.4. The van der Waals surface area contributed by atoms with E-state index in [0.29, 0.717) is 0 Å². The Morgan fingerprint density at radius 1 is 1.04 bits per heavy atom. The third-order valence-corrected chi connectivity index (χ3v) is 4.42. The van der Waals surface area contributed by atoms with Gasteiger partial charge in [0.1, 0.15) is 23.1 Å². The van der Waals surface area contributed by atoms with Gasteiger partial charge in [0, 0.05) is 11.9 Å². The quantitative estimate of drug-likeness (QED) is 0.807. The minimum Gasteiger partial charge on any atom is -0.325 e. The second-order valence-corrected chi connectivity index (χ2v) is 7.42. The van der Waals surface area contributed by atoms with E-state index in [9.17, 15) is 22.4 Å². The van der Waals surface area contributed by atoms with Crippen LogP contribution in [-0.2, 0) is 19.4 Å². The number of pyridine rings is 1. The second-order valence-electron chi connectivity index (χ2n) is 5.35. The summed E-state index contributed by atoms with van der Waals surface area (Å²) < 4.78 is 36.7. The maximum absolute atomic E-state index is 12.8. The average Bonchev–Trinajstić information content (AvgIpc) is 2.48. The lowest BCUT2D eigenvalue weighted by Gasteiger charge is -2.07. The third kappa shape index (κ3) is 6.30. The predicted octanol–water partition coefficient (Wildman–Crippen LogP) is 1.52. The number of benzene rings is 1. The van der Waals surface area contributed by atoms with Crippen LogP contribution in [0.5, 0.6) is 0 Å². The van der Waals surface area contributed by atoms with Crippen molar-refractivity contribution >= 4 is 33.2 Å². The minimum absolute atomic E-state index is 0.232. The Bertz CT molecular complexity index is 883. The van der Waals surface area contributed by atoms with E-state index in [1.165, 1.54) is 18.3 Å². The van der Waals surface area contributed by atoms with Gasteiger partial charge in [0.2, 0.25) is 11.8 Å². The first-order chi connectivity index (χ1) is 11.7. The van der Waals surface area contributed by atoms with E-state index in [2.05, 4.69) is 15.6 Å². The third-order valence-electron chi connectivity index (χ3n) is 3.01.